The van der Waals surface area contributed by atoms with Crippen LogP contribution in [0.2, 0.25) is 0 Å². The average Bonchev–Trinajstić information content (AvgIpc) is 2.64. The number of aryl methyl sites for hydroxylation is 3. The number of anilines is 1. The number of carbonyl (C=O) groups excluding carboxylic acids is 2. The lowest BCUT2D eigenvalue weighted by molar-refractivity contribution is -0.114. The van der Waals surface area contributed by atoms with Gasteiger partial charge in [0.25, 0.3) is 5.91 Å². The Balaban J connectivity index is 2.60. The van der Waals surface area contributed by atoms with Gasteiger partial charge < -0.3 is 20.7 Å². The summed E-state index contributed by atoms with van der Waals surface area (Å²) in [5.74, 6) is -0.727. The number of nitrogens with two attached hydrogens (primary N) is 1. The summed E-state index contributed by atoms with van der Waals surface area (Å²) in [5.41, 5.74) is 8.32. The molecule has 0 aliphatic heterocycles. The molecule has 0 radical (unpaired) electrons. The van der Waals surface area contributed by atoms with Crippen LogP contribution < -0.4 is 15.8 Å². The van der Waals surface area contributed by atoms with Crippen LogP contribution in [0.3, 0.4) is 0 Å². The number of benzene rings is 2. The summed E-state index contributed by atoms with van der Waals surface area (Å²) in [7, 11) is 3.32. The number of primary amides is 1. The highest BCUT2D eigenvalue weighted by molar-refractivity contribution is 5.98. The molecule has 2 rings (SSSR count). The van der Waals surface area contributed by atoms with E-state index in [1.165, 1.54) is 6.07 Å². The number of nitrogens with one attached hydrogen (secondary N) is 1. The molecule has 158 valence electrons. The molecule has 0 aromatic heterocycles. The van der Waals surface area contributed by atoms with Crippen LogP contribution in [0.5, 0.6) is 5.75 Å². The van der Waals surface area contributed by atoms with Crippen molar-refractivity contribution in [2.45, 2.75) is 20.8 Å². The molecule has 0 aliphatic rings. The Hall–Kier alpha value is -3.61. The normalized spacial score (nSPS) is 12.1. The van der Waals surface area contributed by atoms with Crippen molar-refractivity contribution in [1.29, 1.82) is 0 Å². The molecule has 30 heavy (non-hydrogen) atoms. The molecule has 6 nitrogen and oxygen atoms in total. The maximum atomic E-state index is 14.4. The maximum Gasteiger partial charge on any atom is 0.256 e. The number of hydrogen-bond acceptors (Lipinski definition) is 5. The van der Waals surface area contributed by atoms with Crippen molar-refractivity contribution >= 4 is 17.9 Å². The highest BCUT2D eigenvalue weighted by Gasteiger charge is 2.23. The van der Waals surface area contributed by atoms with Crippen LogP contribution in [0.1, 0.15) is 16.7 Å². The van der Waals surface area contributed by atoms with Crippen molar-refractivity contribution in [1.82, 2.24) is 4.90 Å². The molecule has 0 saturated heterocycles. The first-order valence-electron chi connectivity index (χ1n) is 9.29. The number of ether oxygens (including phenoxy) is 1. The molecule has 1 amide bonds. The number of nitrogens with zero attached hydrogens (tertiary/aromatic N) is 1. The molecule has 0 fully saturated rings. The second-order valence-electron chi connectivity index (χ2n) is 7.13. The van der Waals surface area contributed by atoms with E-state index in [9.17, 15) is 14.0 Å². The van der Waals surface area contributed by atoms with Crippen molar-refractivity contribution in [3.63, 3.8) is 0 Å². The first-order valence-corrected chi connectivity index (χ1v) is 9.29. The minimum Gasteiger partial charge on any atom is -0.456 e. The number of allylic oxidation sites excluding steroid dienone is 1. The average molecular weight is 411 g/mol. The first kappa shape index (κ1) is 22.7. The van der Waals surface area contributed by atoms with Crippen LogP contribution in [-0.4, -0.2) is 31.2 Å². The Labute approximate surface area is 175 Å². The van der Waals surface area contributed by atoms with Crippen molar-refractivity contribution in [2.24, 2.45) is 5.73 Å². The quantitative estimate of drug-likeness (QED) is 0.300. The summed E-state index contributed by atoms with van der Waals surface area (Å²) in [6.07, 6.45) is 1.61. The van der Waals surface area contributed by atoms with Crippen LogP contribution in [0.15, 0.2) is 59.6 Å². The largest absolute Gasteiger partial charge is 0.456 e. The van der Waals surface area contributed by atoms with E-state index in [0.717, 1.165) is 22.8 Å². The molecule has 2 aromatic rings. The van der Waals surface area contributed by atoms with Gasteiger partial charge in [-0.05, 0) is 50.1 Å². The van der Waals surface area contributed by atoms with Crippen LogP contribution in [-0.2, 0) is 9.59 Å². The van der Waals surface area contributed by atoms with E-state index in [-0.39, 0.29) is 22.8 Å². The van der Waals surface area contributed by atoms with Crippen LogP contribution in [0.25, 0.3) is 0 Å². The van der Waals surface area contributed by atoms with E-state index < -0.39 is 11.7 Å². The fraction of sp³-hybridized carbons (Fsp3) is 0.217. The highest BCUT2D eigenvalue weighted by Crippen LogP contribution is 2.27. The number of carbonyl (C=O) groups is 2. The predicted octanol–water partition coefficient (Wildman–Crippen LogP) is 3.58. The summed E-state index contributed by atoms with van der Waals surface area (Å²) >= 11 is 0. The Morgan fingerprint density at radius 1 is 1.10 bits per heavy atom. The standard InChI is InChI=1S/C23H26FN3O3/c1-14-7-9-19(16(3)12-14)30-20(10-11-28)21(22(25)29)23(27(4)5)26-18-8-6-15(2)13-17(18)24/h6-13,26H,1-5H3,(H2,25,29)/b20-10+,23-21+. The van der Waals surface area contributed by atoms with Gasteiger partial charge in [0.15, 0.2) is 0 Å². The molecular weight excluding hydrogens is 385 g/mol. The number of halogens is 1. The van der Waals surface area contributed by atoms with Gasteiger partial charge in [0, 0.05) is 20.2 Å². The van der Waals surface area contributed by atoms with E-state index in [0.29, 0.717) is 12.0 Å². The van der Waals surface area contributed by atoms with Gasteiger partial charge in [0.2, 0.25) is 0 Å². The second-order valence-corrected chi connectivity index (χ2v) is 7.13. The van der Waals surface area contributed by atoms with E-state index >= 15 is 0 Å². The molecule has 0 spiro atoms. The third kappa shape index (κ3) is 5.47. The van der Waals surface area contributed by atoms with Gasteiger partial charge in [0.05, 0.1) is 5.69 Å². The molecule has 0 bridgehead atoms. The molecule has 0 heterocycles. The first-order chi connectivity index (χ1) is 14.1. The number of amides is 1. The van der Waals surface area contributed by atoms with Gasteiger partial charge in [-0.2, -0.15) is 0 Å². The Morgan fingerprint density at radius 2 is 1.73 bits per heavy atom. The van der Waals surface area contributed by atoms with Gasteiger partial charge in [-0.3, -0.25) is 9.59 Å². The zero-order valence-electron chi connectivity index (χ0n) is 17.7. The molecule has 0 unspecified atom stereocenters. The van der Waals surface area contributed by atoms with Gasteiger partial charge in [-0.25, -0.2) is 4.39 Å². The lowest BCUT2D eigenvalue weighted by Gasteiger charge is -2.24. The molecule has 0 saturated carbocycles. The van der Waals surface area contributed by atoms with Gasteiger partial charge >= 0.3 is 0 Å². The zero-order chi connectivity index (χ0) is 22.4. The van der Waals surface area contributed by atoms with Gasteiger partial charge in [0.1, 0.15) is 35.0 Å². The third-order valence-electron chi connectivity index (χ3n) is 4.32. The molecule has 0 aliphatic carbocycles. The van der Waals surface area contributed by atoms with Crippen molar-refractivity contribution in [3.05, 3.63) is 82.1 Å². The second kappa shape index (κ2) is 9.73. The summed E-state index contributed by atoms with van der Waals surface area (Å²) in [6, 6.07) is 10.2. The maximum absolute atomic E-state index is 14.4. The molecule has 3 N–H and O–H groups in total. The third-order valence-corrected chi connectivity index (χ3v) is 4.32. The fourth-order valence-electron chi connectivity index (χ4n) is 2.86. The van der Waals surface area contributed by atoms with Crippen molar-refractivity contribution < 1.29 is 18.7 Å². The minimum absolute atomic E-state index is 0.0480. The molecule has 2 aromatic carbocycles. The summed E-state index contributed by atoms with van der Waals surface area (Å²) < 4.78 is 20.3. The number of rotatable bonds is 8. The van der Waals surface area contributed by atoms with Crippen LogP contribution in [0, 0.1) is 26.6 Å². The lowest BCUT2D eigenvalue weighted by atomic mass is 10.1. The Kier molecular flexibility index (Phi) is 7.36. The molecule has 0 atom stereocenters. The van der Waals surface area contributed by atoms with E-state index in [1.54, 1.807) is 44.1 Å². The summed E-state index contributed by atoms with van der Waals surface area (Å²) in [5, 5.41) is 2.90. The Morgan fingerprint density at radius 3 is 2.27 bits per heavy atom. The smallest absolute Gasteiger partial charge is 0.256 e. The van der Waals surface area contributed by atoms with E-state index in [4.69, 9.17) is 10.5 Å². The van der Waals surface area contributed by atoms with Gasteiger partial charge in [-0.1, -0.05) is 23.8 Å². The molecule has 7 heteroatoms. The highest BCUT2D eigenvalue weighted by atomic mass is 19.1. The van der Waals surface area contributed by atoms with Crippen molar-refractivity contribution in [2.75, 3.05) is 19.4 Å². The Bertz CT molecular complexity index is 1030. The minimum atomic E-state index is -0.836. The molecular formula is C23H26FN3O3. The SMILES string of the molecule is Cc1ccc(OC(=C/C=O)/C(C(N)=O)=C(/Nc2ccc(C)cc2F)N(C)C)c(C)c1. The van der Waals surface area contributed by atoms with Crippen molar-refractivity contribution in [3.8, 4) is 5.75 Å². The van der Waals surface area contributed by atoms with E-state index in [2.05, 4.69) is 5.32 Å². The topological polar surface area (TPSA) is 84.7 Å². The summed E-state index contributed by atoms with van der Waals surface area (Å²) in [6.45, 7) is 5.56. The lowest BCUT2D eigenvalue weighted by Crippen LogP contribution is -2.29. The van der Waals surface area contributed by atoms with Gasteiger partial charge in [-0.15, -0.1) is 0 Å². The number of hydrogen-bond donors (Lipinski definition) is 2. The monoisotopic (exact) mass is 411 g/mol. The fourth-order valence-corrected chi connectivity index (χ4v) is 2.86. The van der Waals surface area contributed by atoms with Crippen LogP contribution in [0.4, 0.5) is 10.1 Å². The van der Waals surface area contributed by atoms with Crippen LogP contribution >= 0.6 is 0 Å². The zero-order valence-corrected chi connectivity index (χ0v) is 17.7. The van der Waals surface area contributed by atoms with E-state index in [1.807, 2.05) is 26.0 Å². The summed E-state index contributed by atoms with van der Waals surface area (Å²) in [4.78, 5) is 25.2. The number of aldehydes is 1. The predicted molar refractivity (Wildman–Crippen MR) is 115 cm³/mol.